The van der Waals surface area contributed by atoms with Crippen LogP contribution in [0.5, 0.6) is 0 Å². The van der Waals surface area contributed by atoms with Crippen molar-refractivity contribution in [3.05, 3.63) is 27.9 Å². The standard InChI is InChI=1S/C11H13N5O3/c1-6(2)9(10(13)17)15-11-7(4-12)3-8(5-14-11)16(18)19/h3,5-6,9H,1-2H3,(H2,13,17)(H,14,15). The summed E-state index contributed by atoms with van der Waals surface area (Å²) >= 11 is 0. The zero-order valence-corrected chi connectivity index (χ0v) is 10.5. The maximum Gasteiger partial charge on any atom is 0.289 e. The van der Waals surface area contributed by atoms with Crippen LogP contribution in [0.3, 0.4) is 0 Å². The van der Waals surface area contributed by atoms with E-state index in [2.05, 4.69) is 10.3 Å². The van der Waals surface area contributed by atoms with Gasteiger partial charge in [0, 0.05) is 6.07 Å². The molecule has 0 spiro atoms. The number of hydrogen-bond acceptors (Lipinski definition) is 6. The molecule has 0 bridgehead atoms. The molecule has 1 rings (SSSR count). The van der Waals surface area contributed by atoms with E-state index in [1.807, 2.05) is 0 Å². The largest absolute Gasteiger partial charge is 0.368 e. The fraction of sp³-hybridized carbons (Fsp3) is 0.364. The van der Waals surface area contributed by atoms with Crippen molar-refractivity contribution >= 4 is 17.4 Å². The van der Waals surface area contributed by atoms with Gasteiger partial charge in [-0.25, -0.2) is 4.98 Å². The highest BCUT2D eigenvalue weighted by atomic mass is 16.6. The van der Waals surface area contributed by atoms with Gasteiger partial charge < -0.3 is 11.1 Å². The van der Waals surface area contributed by atoms with Crippen molar-refractivity contribution in [1.82, 2.24) is 4.98 Å². The van der Waals surface area contributed by atoms with E-state index in [9.17, 15) is 14.9 Å². The number of primary amides is 1. The Morgan fingerprint density at radius 2 is 2.26 bits per heavy atom. The second-order valence-corrected chi connectivity index (χ2v) is 4.23. The normalized spacial score (nSPS) is 11.7. The van der Waals surface area contributed by atoms with Crippen LogP contribution in [0.15, 0.2) is 12.3 Å². The summed E-state index contributed by atoms with van der Waals surface area (Å²) in [6.07, 6.45) is 1.02. The lowest BCUT2D eigenvalue weighted by Crippen LogP contribution is -2.40. The molecule has 1 aromatic rings. The van der Waals surface area contributed by atoms with Crippen molar-refractivity contribution in [3.8, 4) is 6.07 Å². The molecule has 3 N–H and O–H groups in total. The summed E-state index contributed by atoms with van der Waals surface area (Å²) in [6.45, 7) is 3.56. The Morgan fingerprint density at radius 1 is 1.63 bits per heavy atom. The molecule has 0 aliphatic carbocycles. The number of pyridine rings is 1. The first-order valence-electron chi connectivity index (χ1n) is 5.47. The van der Waals surface area contributed by atoms with E-state index in [0.29, 0.717) is 0 Å². The zero-order chi connectivity index (χ0) is 14.6. The summed E-state index contributed by atoms with van der Waals surface area (Å²) in [6, 6.07) is 2.18. The second kappa shape index (κ2) is 5.77. The van der Waals surface area contributed by atoms with Gasteiger partial charge in [-0.2, -0.15) is 5.26 Å². The monoisotopic (exact) mass is 263 g/mol. The Labute approximate surface area is 109 Å². The molecule has 1 atom stereocenters. The lowest BCUT2D eigenvalue weighted by Gasteiger charge is -2.19. The number of aromatic nitrogens is 1. The highest BCUT2D eigenvalue weighted by molar-refractivity contribution is 5.83. The Kier molecular flexibility index (Phi) is 4.36. The molecule has 100 valence electrons. The number of nitrogens with one attached hydrogen (secondary N) is 1. The van der Waals surface area contributed by atoms with Gasteiger partial charge in [0.25, 0.3) is 5.69 Å². The van der Waals surface area contributed by atoms with Crippen molar-refractivity contribution < 1.29 is 9.72 Å². The van der Waals surface area contributed by atoms with Gasteiger partial charge in [-0.15, -0.1) is 0 Å². The molecule has 8 nitrogen and oxygen atoms in total. The van der Waals surface area contributed by atoms with Crippen LogP contribution in [0.2, 0.25) is 0 Å². The number of anilines is 1. The Morgan fingerprint density at radius 3 is 2.68 bits per heavy atom. The molecule has 0 aromatic carbocycles. The number of nitro groups is 1. The fourth-order valence-corrected chi connectivity index (χ4v) is 1.47. The van der Waals surface area contributed by atoms with Crippen LogP contribution in [0.1, 0.15) is 19.4 Å². The number of nitrogens with two attached hydrogens (primary N) is 1. The summed E-state index contributed by atoms with van der Waals surface area (Å²) in [5.74, 6) is -0.592. The quantitative estimate of drug-likeness (QED) is 0.595. The van der Waals surface area contributed by atoms with Crippen LogP contribution < -0.4 is 11.1 Å². The van der Waals surface area contributed by atoms with E-state index < -0.39 is 16.9 Å². The summed E-state index contributed by atoms with van der Waals surface area (Å²) in [4.78, 5) is 25.0. The molecule has 0 radical (unpaired) electrons. The molecule has 1 aromatic heterocycles. The molecule has 0 aliphatic rings. The number of carbonyl (C=O) groups excluding carboxylic acids is 1. The molecule has 0 saturated carbocycles. The number of amides is 1. The van der Waals surface area contributed by atoms with E-state index in [1.165, 1.54) is 0 Å². The van der Waals surface area contributed by atoms with Crippen LogP contribution >= 0.6 is 0 Å². The van der Waals surface area contributed by atoms with Crippen LogP contribution in [0, 0.1) is 27.4 Å². The maximum absolute atomic E-state index is 11.3. The smallest absolute Gasteiger partial charge is 0.289 e. The molecule has 1 unspecified atom stereocenters. The summed E-state index contributed by atoms with van der Waals surface area (Å²) in [5.41, 5.74) is 4.93. The average molecular weight is 263 g/mol. The molecule has 1 heterocycles. The van der Waals surface area contributed by atoms with Crippen LogP contribution in [-0.2, 0) is 4.79 Å². The minimum atomic E-state index is -0.707. The van der Waals surface area contributed by atoms with Crippen molar-refractivity contribution in [2.45, 2.75) is 19.9 Å². The first-order chi connectivity index (χ1) is 8.86. The third-order valence-corrected chi connectivity index (χ3v) is 2.47. The SMILES string of the molecule is CC(C)C(Nc1ncc([N+](=O)[O-])cc1C#N)C(N)=O. The lowest BCUT2D eigenvalue weighted by molar-refractivity contribution is -0.385. The molecule has 0 saturated heterocycles. The van der Waals surface area contributed by atoms with E-state index in [0.717, 1.165) is 12.3 Å². The van der Waals surface area contributed by atoms with Gasteiger partial charge in [-0.1, -0.05) is 13.8 Å². The summed E-state index contributed by atoms with van der Waals surface area (Å²) in [5, 5.41) is 22.3. The van der Waals surface area contributed by atoms with Crippen LogP contribution in [-0.4, -0.2) is 21.9 Å². The molecule has 0 aliphatic heterocycles. The van der Waals surface area contributed by atoms with Gasteiger partial charge in [0.1, 0.15) is 29.7 Å². The van der Waals surface area contributed by atoms with Crippen molar-refractivity contribution in [2.24, 2.45) is 11.7 Å². The van der Waals surface area contributed by atoms with E-state index in [-0.39, 0.29) is 23.0 Å². The fourth-order valence-electron chi connectivity index (χ4n) is 1.47. The van der Waals surface area contributed by atoms with Gasteiger partial charge in [0.2, 0.25) is 5.91 Å². The van der Waals surface area contributed by atoms with Gasteiger partial charge in [0.05, 0.1) is 4.92 Å². The predicted octanol–water partition coefficient (Wildman–Crippen LogP) is 0.783. The third kappa shape index (κ3) is 3.38. The topological polar surface area (TPSA) is 135 Å². The van der Waals surface area contributed by atoms with E-state index in [1.54, 1.807) is 19.9 Å². The number of nitrogens with zero attached hydrogens (tertiary/aromatic N) is 3. The molecule has 19 heavy (non-hydrogen) atoms. The molecular weight excluding hydrogens is 250 g/mol. The van der Waals surface area contributed by atoms with Gasteiger partial charge >= 0.3 is 0 Å². The molecule has 8 heteroatoms. The van der Waals surface area contributed by atoms with Gasteiger partial charge in [-0.05, 0) is 5.92 Å². The minimum absolute atomic E-state index is 0.0129. The van der Waals surface area contributed by atoms with Crippen molar-refractivity contribution in [3.63, 3.8) is 0 Å². The Balaban J connectivity index is 3.11. The highest BCUT2D eigenvalue weighted by Gasteiger charge is 2.22. The first-order valence-corrected chi connectivity index (χ1v) is 5.47. The van der Waals surface area contributed by atoms with Crippen molar-refractivity contribution in [2.75, 3.05) is 5.32 Å². The number of nitriles is 1. The van der Waals surface area contributed by atoms with E-state index in [4.69, 9.17) is 11.0 Å². The van der Waals surface area contributed by atoms with Gasteiger partial charge in [-0.3, -0.25) is 14.9 Å². The summed E-state index contributed by atoms with van der Waals surface area (Å²) < 4.78 is 0. The molecule has 0 fully saturated rings. The Bertz CT molecular complexity index is 550. The average Bonchev–Trinajstić information content (AvgIpc) is 2.34. The van der Waals surface area contributed by atoms with Crippen LogP contribution in [0.25, 0.3) is 0 Å². The molecular formula is C11H13N5O3. The zero-order valence-electron chi connectivity index (χ0n) is 10.5. The summed E-state index contributed by atoms with van der Waals surface area (Å²) in [7, 11) is 0. The second-order valence-electron chi connectivity index (χ2n) is 4.23. The first kappa shape index (κ1) is 14.4. The molecule has 1 amide bonds. The number of rotatable bonds is 5. The minimum Gasteiger partial charge on any atom is -0.368 e. The Hall–Kier alpha value is -2.69. The van der Waals surface area contributed by atoms with Crippen molar-refractivity contribution in [1.29, 1.82) is 5.26 Å². The number of hydrogen-bond donors (Lipinski definition) is 2. The predicted molar refractivity (Wildman–Crippen MR) is 67.0 cm³/mol. The number of carbonyl (C=O) groups is 1. The van der Waals surface area contributed by atoms with Crippen LogP contribution in [0.4, 0.5) is 11.5 Å². The maximum atomic E-state index is 11.3. The van der Waals surface area contributed by atoms with E-state index >= 15 is 0 Å². The highest BCUT2D eigenvalue weighted by Crippen LogP contribution is 2.20. The van der Waals surface area contributed by atoms with Gasteiger partial charge in [0.15, 0.2) is 0 Å². The third-order valence-electron chi connectivity index (χ3n) is 2.47. The lowest BCUT2D eigenvalue weighted by atomic mass is 10.0.